The van der Waals surface area contributed by atoms with Crippen LogP contribution in [0.5, 0.6) is 0 Å². The van der Waals surface area contributed by atoms with Crippen molar-refractivity contribution >= 4 is 11.6 Å². The van der Waals surface area contributed by atoms with Crippen LogP contribution in [0, 0.1) is 6.92 Å². The van der Waals surface area contributed by atoms with Gasteiger partial charge in [0.15, 0.2) is 0 Å². The number of nitrogens with zero attached hydrogens (tertiary/aromatic N) is 3. The van der Waals surface area contributed by atoms with Crippen molar-refractivity contribution in [2.24, 2.45) is 0 Å². The first-order valence-electron chi connectivity index (χ1n) is 6.26. The summed E-state index contributed by atoms with van der Waals surface area (Å²) in [5.41, 5.74) is 2.48. The quantitative estimate of drug-likeness (QED) is 0.763. The lowest BCUT2D eigenvalue weighted by Gasteiger charge is -2.08. The molecule has 2 rings (SSSR count). The van der Waals surface area contributed by atoms with Gasteiger partial charge < -0.3 is 9.30 Å². The first-order valence-corrected chi connectivity index (χ1v) is 6.79. The Labute approximate surface area is 118 Å². The van der Waals surface area contributed by atoms with Gasteiger partial charge >= 0.3 is 0 Å². The van der Waals surface area contributed by atoms with Gasteiger partial charge in [0.2, 0.25) is 0 Å². The van der Waals surface area contributed by atoms with Crippen molar-refractivity contribution in [2.45, 2.75) is 25.8 Å². The predicted molar refractivity (Wildman–Crippen MR) is 75.4 cm³/mol. The third-order valence-corrected chi connectivity index (χ3v) is 3.26. The third-order valence-electron chi connectivity index (χ3n) is 3.03. The molecule has 0 aliphatic carbocycles. The van der Waals surface area contributed by atoms with E-state index >= 15 is 0 Å². The van der Waals surface area contributed by atoms with E-state index in [1.807, 2.05) is 4.57 Å². The van der Waals surface area contributed by atoms with Crippen LogP contribution in [0.3, 0.4) is 0 Å². The van der Waals surface area contributed by atoms with E-state index in [9.17, 15) is 0 Å². The molecule has 102 valence electrons. The summed E-state index contributed by atoms with van der Waals surface area (Å²) in [4.78, 5) is 0. The van der Waals surface area contributed by atoms with Crippen LogP contribution in [-0.2, 0) is 23.6 Å². The van der Waals surface area contributed by atoms with E-state index in [0.717, 1.165) is 24.6 Å². The second kappa shape index (κ2) is 6.68. The molecule has 0 fully saturated rings. The van der Waals surface area contributed by atoms with E-state index in [0.29, 0.717) is 12.5 Å². The van der Waals surface area contributed by atoms with Gasteiger partial charge in [0, 0.05) is 20.1 Å². The van der Waals surface area contributed by atoms with Crippen molar-refractivity contribution in [2.75, 3.05) is 13.7 Å². The van der Waals surface area contributed by atoms with Crippen molar-refractivity contribution in [1.82, 2.24) is 14.8 Å². The average molecular weight is 280 g/mol. The van der Waals surface area contributed by atoms with E-state index in [-0.39, 0.29) is 0 Å². The standard InChI is InChI=1S/C14H18ClN3O/c1-11-3-5-12(6-4-11)9-13-16-17-14(10-15)18(13)7-8-19-2/h3-6H,7-10H2,1-2H3. The van der Waals surface area contributed by atoms with E-state index in [1.165, 1.54) is 11.1 Å². The first kappa shape index (κ1) is 14.0. The van der Waals surface area contributed by atoms with E-state index in [4.69, 9.17) is 16.3 Å². The lowest BCUT2D eigenvalue weighted by Crippen LogP contribution is -2.11. The number of halogens is 1. The number of rotatable bonds is 6. The van der Waals surface area contributed by atoms with Crippen LogP contribution in [0.1, 0.15) is 22.8 Å². The molecule has 0 radical (unpaired) electrons. The number of methoxy groups -OCH3 is 1. The second-order valence-electron chi connectivity index (χ2n) is 4.47. The SMILES string of the molecule is COCCn1c(CCl)nnc1Cc1ccc(C)cc1. The molecule has 0 saturated carbocycles. The second-order valence-corrected chi connectivity index (χ2v) is 4.74. The topological polar surface area (TPSA) is 39.9 Å². The van der Waals surface area contributed by atoms with Crippen LogP contribution in [0.2, 0.25) is 0 Å². The third kappa shape index (κ3) is 3.55. The van der Waals surface area contributed by atoms with Gasteiger partial charge in [0.25, 0.3) is 0 Å². The smallest absolute Gasteiger partial charge is 0.148 e. The molecular weight excluding hydrogens is 262 g/mol. The highest BCUT2D eigenvalue weighted by Gasteiger charge is 2.11. The van der Waals surface area contributed by atoms with Gasteiger partial charge in [-0.25, -0.2) is 0 Å². The molecule has 0 aliphatic rings. The number of alkyl halides is 1. The van der Waals surface area contributed by atoms with Gasteiger partial charge in [0.05, 0.1) is 12.5 Å². The van der Waals surface area contributed by atoms with Crippen LogP contribution >= 0.6 is 11.6 Å². The Balaban J connectivity index is 2.19. The van der Waals surface area contributed by atoms with Crippen molar-refractivity contribution in [3.63, 3.8) is 0 Å². The summed E-state index contributed by atoms with van der Waals surface area (Å²) < 4.78 is 7.15. The summed E-state index contributed by atoms with van der Waals surface area (Å²) in [6.07, 6.45) is 0.758. The molecule has 1 aromatic heterocycles. The molecule has 4 nitrogen and oxygen atoms in total. The van der Waals surface area contributed by atoms with Crippen molar-refractivity contribution < 1.29 is 4.74 Å². The van der Waals surface area contributed by atoms with E-state index < -0.39 is 0 Å². The van der Waals surface area contributed by atoms with Gasteiger partial charge in [-0.05, 0) is 12.5 Å². The molecule has 0 spiro atoms. The highest BCUT2D eigenvalue weighted by molar-refractivity contribution is 6.16. The minimum absolute atomic E-state index is 0.366. The van der Waals surface area contributed by atoms with Crippen LogP contribution < -0.4 is 0 Å². The number of ether oxygens (including phenoxy) is 1. The fourth-order valence-corrected chi connectivity index (χ4v) is 2.13. The lowest BCUT2D eigenvalue weighted by atomic mass is 10.1. The Morgan fingerprint density at radius 3 is 2.47 bits per heavy atom. The molecule has 0 aliphatic heterocycles. The van der Waals surface area contributed by atoms with Crippen molar-refractivity contribution in [3.8, 4) is 0 Å². The highest BCUT2D eigenvalue weighted by Crippen LogP contribution is 2.12. The van der Waals surface area contributed by atoms with E-state index in [1.54, 1.807) is 7.11 Å². The molecule has 0 N–H and O–H groups in total. The monoisotopic (exact) mass is 279 g/mol. The summed E-state index contributed by atoms with van der Waals surface area (Å²) in [6, 6.07) is 8.44. The van der Waals surface area contributed by atoms with Crippen molar-refractivity contribution in [3.05, 3.63) is 47.0 Å². The Morgan fingerprint density at radius 2 is 1.84 bits per heavy atom. The molecule has 0 saturated heterocycles. The maximum absolute atomic E-state index is 5.88. The van der Waals surface area contributed by atoms with E-state index in [2.05, 4.69) is 41.4 Å². The van der Waals surface area contributed by atoms with Crippen molar-refractivity contribution in [1.29, 1.82) is 0 Å². The van der Waals surface area contributed by atoms with Crippen LogP contribution in [0.15, 0.2) is 24.3 Å². The molecule has 0 amide bonds. The molecule has 1 heterocycles. The molecule has 0 atom stereocenters. The Hall–Kier alpha value is -1.39. The lowest BCUT2D eigenvalue weighted by molar-refractivity contribution is 0.185. The fraction of sp³-hybridized carbons (Fsp3) is 0.429. The van der Waals surface area contributed by atoms with Gasteiger partial charge in [-0.15, -0.1) is 21.8 Å². The minimum atomic E-state index is 0.366. The maximum atomic E-state index is 5.88. The van der Waals surface area contributed by atoms with Crippen LogP contribution in [0.25, 0.3) is 0 Å². The predicted octanol–water partition coefficient (Wildman–Crippen LogP) is 2.56. The number of benzene rings is 1. The summed E-state index contributed by atoms with van der Waals surface area (Å²) in [5, 5.41) is 8.36. The van der Waals surface area contributed by atoms with Gasteiger partial charge in [-0.3, -0.25) is 0 Å². The van der Waals surface area contributed by atoms with Crippen LogP contribution in [0.4, 0.5) is 0 Å². The molecule has 19 heavy (non-hydrogen) atoms. The van der Waals surface area contributed by atoms with Gasteiger partial charge in [0.1, 0.15) is 11.6 Å². The summed E-state index contributed by atoms with van der Waals surface area (Å²) in [6.45, 7) is 3.44. The normalized spacial score (nSPS) is 10.9. The zero-order valence-corrected chi connectivity index (χ0v) is 12.0. The fourth-order valence-electron chi connectivity index (χ4n) is 1.93. The maximum Gasteiger partial charge on any atom is 0.148 e. The number of hydrogen-bond acceptors (Lipinski definition) is 3. The number of hydrogen-bond donors (Lipinski definition) is 0. The minimum Gasteiger partial charge on any atom is -0.383 e. The number of aromatic nitrogens is 3. The Kier molecular flexibility index (Phi) is 4.93. The Morgan fingerprint density at radius 1 is 1.16 bits per heavy atom. The molecular formula is C14H18ClN3O. The van der Waals surface area contributed by atoms with Crippen LogP contribution in [-0.4, -0.2) is 28.5 Å². The molecule has 5 heteroatoms. The summed E-state index contributed by atoms with van der Waals surface area (Å²) in [7, 11) is 1.68. The number of aryl methyl sites for hydroxylation is 1. The summed E-state index contributed by atoms with van der Waals surface area (Å²) >= 11 is 5.88. The molecule has 0 unspecified atom stereocenters. The summed E-state index contributed by atoms with van der Waals surface area (Å²) in [5.74, 6) is 2.09. The zero-order chi connectivity index (χ0) is 13.7. The van der Waals surface area contributed by atoms with Gasteiger partial charge in [-0.2, -0.15) is 0 Å². The molecule has 1 aromatic carbocycles. The first-order chi connectivity index (χ1) is 9.24. The Bertz CT molecular complexity index is 522. The molecule has 0 bridgehead atoms. The zero-order valence-electron chi connectivity index (χ0n) is 11.3. The average Bonchev–Trinajstić information content (AvgIpc) is 2.81. The van der Waals surface area contributed by atoms with Gasteiger partial charge in [-0.1, -0.05) is 29.8 Å². The highest BCUT2D eigenvalue weighted by atomic mass is 35.5. The molecule has 2 aromatic rings. The largest absolute Gasteiger partial charge is 0.383 e.